The molecule has 1 heterocycles. The van der Waals surface area contributed by atoms with Crippen LogP contribution in [-0.2, 0) is 21.7 Å². The van der Waals surface area contributed by atoms with Gasteiger partial charge in [-0.3, -0.25) is 14.5 Å². The predicted octanol–water partition coefficient (Wildman–Crippen LogP) is 2.32. The molecular formula is C22H24FN3O5. The number of hydrogen-bond donors (Lipinski definition) is 2. The van der Waals surface area contributed by atoms with Crippen molar-refractivity contribution in [1.82, 2.24) is 15.5 Å². The van der Waals surface area contributed by atoms with Crippen molar-refractivity contribution < 1.29 is 28.2 Å². The number of nitrogens with zero attached hydrogens (tertiary/aromatic N) is 1. The van der Waals surface area contributed by atoms with E-state index >= 15 is 0 Å². The Morgan fingerprint density at radius 3 is 2.39 bits per heavy atom. The highest BCUT2D eigenvalue weighted by atomic mass is 19.1. The molecule has 0 unspecified atom stereocenters. The third-order valence-electron chi connectivity index (χ3n) is 5.28. The summed E-state index contributed by atoms with van der Waals surface area (Å²) in [5, 5.41) is 5.35. The molecule has 2 aromatic carbocycles. The number of halogens is 1. The van der Waals surface area contributed by atoms with Gasteiger partial charge in [-0.15, -0.1) is 0 Å². The van der Waals surface area contributed by atoms with Crippen molar-refractivity contribution in [1.29, 1.82) is 0 Å². The minimum absolute atomic E-state index is 0.180. The largest absolute Gasteiger partial charge is 0.493 e. The molecule has 31 heavy (non-hydrogen) atoms. The molecule has 1 atom stereocenters. The van der Waals surface area contributed by atoms with Crippen LogP contribution in [0.1, 0.15) is 24.5 Å². The normalized spacial score (nSPS) is 18.0. The van der Waals surface area contributed by atoms with Gasteiger partial charge in [-0.1, -0.05) is 25.1 Å². The molecule has 0 aliphatic carbocycles. The predicted molar refractivity (Wildman–Crippen MR) is 110 cm³/mol. The standard InChI is InChI=1S/C22H24FN3O5/c1-4-22(15-6-8-16(23)9-7-15)20(28)26(21(29)25-22)13-19(27)24-12-14-5-10-17(30-2)18(11-14)31-3/h5-11H,4,12-13H2,1-3H3,(H,24,27)(H,25,29)/t22-/m1/s1. The van der Waals surface area contributed by atoms with Crippen LogP contribution in [0.2, 0.25) is 0 Å². The lowest BCUT2D eigenvalue weighted by molar-refractivity contribution is -0.135. The fraction of sp³-hybridized carbons (Fsp3) is 0.318. The van der Waals surface area contributed by atoms with Gasteiger partial charge in [-0.25, -0.2) is 9.18 Å². The summed E-state index contributed by atoms with van der Waals surface area (Å²) in [5.74, 6) is -0.403. The van der Waals surface area contributed by atoms with Gasteiger partial charge in [0.15, 0.2) is 11.5 Å². The van der Waals surface area contributed by atoms with Gasteiger partial charge >= 0.3 is 6.03 Å². The Morgan fingerprint density at radius 2 is 1.77 bits per heavy atom. The SMILES string of the molecule is CC[C@]1(c2ccc(F)cc2)NC(=O)N(CC(=O)NCc2ccc(OC)c(OC)c2)C1=O. The van der Waals surface area contributed by atoms with Gasteiger partial charge < -0.3 is 20.1 Å². The molecule has 0 radical (unpaired) electrons. The van der Waals surface area contributed by atoms with E-state index in [0.29, 0.717) is 17.1 Å². The maximum absolute atomic E-state index is 13.3. The summed E-state index contributed by atoms with van der Waals surface area (Å²) in [4.78, 5) is 38.8. The highest BCUT2D eigenvalue weighted by Crippen LogP contribution is 2.32. The molecule has 0 bridgehead atoms. The van der Waals surface area contributed by atoms with Crippen LogP contribution in [0.15, 0.2) is 42.5 Å². The van der Waals surface area contributed by atoms with Crippen LogP contribution in [0.5, 0.6) is 11.5 Å². The van der Waals surface area contributed by atoms with Gasteiger partial charge in [0.1, 0.15) is 17.9 Å². The van der Waals surface area contributed by atoms with E-state index in [4.69, 9.17) is 9.47 Å². The topological polar surface area (TPSA) is 97.0 Å². The molecule has 1 aliphatic heterocycles. The lowest BCUT2D eigenvalue weighted by atomic mass is 9.87. The molecule has 164 valence electrons. The zero-order valence-corrected chi connectivity index (χ0v) is 17.5. The van der Waals surface area contributed by atoms with Gasteiger partial charge in [0.2, 0.25) is 5.91 Å². The number of nitrogens with one attached hydrogen (secondary N) is 2. The van der Waals surface area contributed by atoms with E-state index < -0.39 is 35.7 Å². The Bertz CT molecular complexity index is 995. The summed E-state index contributed by atoms with van der Waals surface area (Å²) in [6.45, 7) is 1.49. The highest BCUT2D eigenvalue weighted by Gasteiger charge is 2.51. The maximum atomic E-state index is 13.3. The summed E-state index contributed by atoms with van der Waals surface area (Å²) in [5.41, 5.74) is -0.102. The zero-order chi connectivity index (χ0) is 22.6. The van der Waals surface area contributed by atoms with Crippen molar-refractivity contribution in [2.45, 2.75) is 25.4 Å². The maximum Gasteiger partial charge on any atom is 0.325 e. The lowest BCUT2D eigenvalue weighted by Gasteiger charge is -2.25. The van der Waals surface area contributed by atoms with E-state index in [9.17, 15) is 18.8 Å². The summed E-state index contributed by atoms with van der Waals surface area (Å²) in [6, 6.07) is 9.91. The first-order valence-electron chi connectivity index (χ1n) is 9.72. The van der Waals surface area contributed by atoms with E-state index in [1.54, 1.807) is 25.1 Å². The number of amides is 4. The summed E-state index contributed by atoms with van der Waals surface area (Å²) in [7, 11) is 3.04. The van der Waals surface area contributed by atoms with Crippen LogP contribution >= 0.6 is 0 Å². The summed E-state index contributed by atoms with van der Waals surface area (Å²) >= 11 is 0. The molecule has 9 heteroatoms. The van der Waals surface area contributed by atoms with Crippen molar-refractivity contribution in [2.75, 3.05) is 20.8 Å². The first-order chi connectivity index (χ1) is 14.8. The molecule has 1 aliphatic rings. The van der Waals surface area contributed by atoms with Crippen molar-refractivity contribution in [2.24, 2.45) is 0 Å². The fourth-order valence-corrected chi connectivity index (χ4v) is 3.53. The second-order valence-corrected chi connectivity index (χ2v) is 7.05. The Hall–Kier alpha value is -3.62. The third kappa shape index (κ3) is 4.30. The van der Waals surface area contributed by atoms with Gasteiger partial charge in [-0.05, 0) is 41.8 Å². The van der Waals surface area contributed by atoms with E-state index in [2.05, 4.69) is 10.6 Å². The smallest absolute Gasteiger partial charge is 0.325 e. The van der Waals surface area contributed by atoms with E-state index in [0.717, 1.165) is 10.5 Å². The Labute approximate surface area is 179 Å². The average molecular weight is 429 g/mol. The molecule has 2 aromatic rings. The van der Waals surface area contributed by atoms with E-state index in [-0.39, 0.29) is 13.0 Å². The summed E-state index contributed by atoms with van der Waals surface area (Å²) < 4.78 is 23.7. The fourth-order valence-electron chi connectivity index (χ4n) is 3.53. The Kier molecular flexibility index (Phi) is 6.43. The lowest BCUT2D eigenvalue weighted by Crippen LogP contribution is -2.44. The minimum Gasteiger partial charge on any atom is -0.493 e. The third-order valence-corrected chi connectivity index (χ3v) is 5.28. The van der Waals surface area contributed by atoms with Crippen LogP contribution in [-0.4, -0.2) is 43.5 Å². The van der Waals surface area contributed by atoms with Gasteiger partial charge in [0, 0.05) is 6.54 Å². The molecule has 8 nitrogen and oxygen atoms in total. The van der Waals surface area contributed by atoms with E-state index in [1.165, 1.54) is 38.5 Å². The molecule has 1 fully saturated rings. The number of imide groups is 1. The first kappa shape index (κ1) is 22.1. The molecule has 2 N–H and O–H groups in total. The number of rotatable bonds is 8. The minimum atomic E-state index is -1.32. The Morgan fingerprint density at radius 1 is 1.10 bits per heavy atom. The molecule has 0 saturated carbocycles. The van der Waals surface area contributed by atoms with Gasteiger partial charge in [0.25, 0.3) is 5.91 Å². The first-order valence-corrected chi connectivity index (χ1v) is 9.72. The number of carbonyl (C=O) groups excluding carboxylic acids is 3. The van der Waals surface area contributed by atoms with Crippen LogP contribution in [0, 0.1) is 5.82 Å². The molecule has 0 aromatic heterocycles. The monoisotopic (exact) mass is 429 g/mol. The van der Waals surface area contributed by atoms with Crippen molar-refractivity contribution in [3.05, 3.63) is 59.4 Å². The number of hydrogen-bond acceptors (Lipinski definition) is 5. The van der Waals surface area contributed by atoms with Gasteiger partial charge in [-0.2, -0.15) is 0 Å². The second kappa shape index (κ2) is 9.03. The second-order valence-electron chi connectivity index (χ2n) is 7.05. The number of benzene rings is 2. The molecule has 0 spiro atoms. The molecule has 3 rings (SSSR count). The van der Waals surface area contributed by atoms with Crippen LogP contribution < -0.4 is 20.1 Å². The average Bonchev–Trinajstić information content (AvgIpc) is 3.03. The van der Waals surface area contributed by atoms with Crippen molar-refractivity contribution in [3.8, 4) is 11.5 Å². The molecule has 1 saturated heterocycles. The van der Waals surface area contributed by atoms with Crippen LogP contribution in [0.4, 0.5) is 9.18 Å². The van der Waals surface area contributed by atoms with E-state index in [1.807, 2.05) is 0 Å². The summed E-state index contributed by atoms with van der Waals surface area (Å²) in [6.07, 6.45) is 0.257. The van der Waals surface area contributed by atoms with Crippen molar-refractivity contribution >= 4 is 17.8 Å². The number of urea groups is 1. The number of ether oxygens (including phenoxy) is 2. The number of methoxy groups -OCH3 is 2. The van der Waals surface area contributed by atoms with Gasteiger partial charge in [0.05, 0.1) is 14.2 Å². The molecular weight excluding hydrogens is 405 g/mol. The van der Waals surface area contributed by atoms with Crippen LogP contribution in [0.25, 0.3) is 0 Å². The van der Waals surface area contributed by atoms with Crippen LogP contribution in [0.3, 0.4) is 0 Å². The molecule has 4 amide bonds. The Balaban J connectivity index is 1.68. The van der Waals surface area contributed by atoms with Crippen molar-refractivity contribution in [3.63, 3.8) is 0 Å². The number of carbonyl (C=O) groups is 3. The highest BCUT2D eigenvalue weighted by molar-refractivity contribution is 6.09. The quantitative estimate of drug-likeness (QED) is 0.628. The zero-order valence-electron chi connectivity index (χ0n) is 17.5.